The summed E-state index contributed by atoms with van der Waals surface area (Å²) in [4.78, 5) is 11.4. The Kier molecular flexibility index (Phi) is 3.08. The number of aromatic carboxylic acids is 1. The number of hydrogen-bond acceptors (Lipinski definition) is 3. The van der Waals surface area contributed by atoms with Gasteiger partial charge in [0.2, 0.25) is 0 Å². The van der Waals surface area contributed by atoms with E-state index in [4.69, 9.17) is 0 Å². The normalized spacial score (nSPS) is 16.3. The van der Waals surface area contributed by atoms with Crippen molar-refractivity contribution in [1.82, 2.24) is 19.6 Å². The molecule has 1 aliphatic rings. The molecule has 0 saturated heterocycles. The predicted molar refractivity (Wildman–Crippen MR) is 73.5 cm³/mol. The zero-order valence-electron chi connectivity index (χ0n) is 11.7. The van der Waals surface area contributed by atoms with Gasteiger partial charge in [-0.05, 0) is 32.6 Å². The van der Waals surface area contributed by atoms with E-state index in [0.29, 0.717) is 11.6 Å². The second-order valence-electron chi connectivity index (χ2n) is 5.34. The van der Waals surface area contributed by atoms with Gasteiger partial charge in [0.25, 0.3) is 0 Å². The monoisotopic (exact) mass is 274 g/mol. The number of aryl methyl sites for hydroxylation is 1. The van der Waals surface area contributed by atoms with E-state index < -0.39 is 5.97 Å². The zero-order valence-corrected chi connectivity index (χ0v) is 11.7. The van der Waals surface area contributed by atoms with E-state index >= 15 is 0 Å². The minimum Gasteiger partial charge on any atom is -0.478 e. The number of carboxylic acid groups (broad SMARTS) is 1. The lowest BCUT2D eigenvalue weighted by molar-refractivity contribution is 0.0697. The first-order chi connectivity index (χ1) is 9.60. The van der Waals surface area contributed by atoms with Crippen LogP contribution in [0.15, 0.2) is 18.6 Å². The molecular weight excluding hydrogens is 256 g/mol. The fraction of sp³-hybridized carbons (Fsp3) is 0.500. The van der Waals surface area contributed by atoms with Crippen LogP contribution in [0.25, 0.3) is 11.3 Å². The molecule has 2 aromatic heterocycles. The van der Waals surface area contributed by atoms with Crippen molar-refractivity contribution in [2.45, 2.75) is 39.3 Å². The molecule has 0 aliphatic heterocycles. The molecule has 0 radical (unpaired) electrons. The van der Waals surface area contributed by atoms with Gasteiger partial charge < -0.3 is 5.11 Å². The van der Waals surface area contributed by atoms with E-state index in [1.54, 1.807) is 21.8 Å². The van der Waals surface area contributed by atoms with Gasteiger partial charge in [0, 0.05) is 24.5 Å². The standard InChI is InChI=1S/C14H18N4O2/c1-3-17-7-11(6-15-17)13-12(14(19)20)8-18(16-13)9(2)10-4-5-10/h6-10H,3-5H2,1-2H3,(H,19,20). The molecule has 1 aliphatic carbocycles. The van der Waals surface area contributed by atoms with Crippen LogP contribution in [0, 0.1) is 5.92 Å². The second-order valence-corrected chi connectivity index (χ2v) is 5.34. The number of carbonyl (C=O) groups is 1. The van der Waals surface area contributed by atoms with Crippen LogP contribution >= 0.6 is 0 Å². The number of rotatable bonds is 5. The van der Waals surface area contributed by atoms with Gasteiger partial charge in [-0.25, -0.2) is 4.79 Å². The van der Waals surface area contributed by atoms with Crippen LogP contribution in [0.5, 0.6) is 0 Å². The molecule has 6 heteroatoms. The lowest BCUT2D eigenvalue weighted by atomic mass is 10.1. The number of nitrogens with zero attached hydrogens (tertiary/aromatic N) is 4. The number of hydrogen-bond donors (Lipinski definition) is 1. The molecule has 0 amide bonds. The van der Waals surface area contributed by atoms with E-state index in [9.17, 15) is 9.90 Å². The Bertz CT molecular complexity index is 639. The van der Waals surface area contributed by atoms with Crippen molar-refractivity contribution in [3.63, 3.8) is 0 Å². The first kappa shape index (κ1) is 12.9. The number of carboxylic acids is 1. The van der Waals surface area contributed by atoms with Gasteiger partial charge in [-0.1, -0.05) is 0 Å². The van der Waals surface area contributed by atoms with Crippen molar-refractivity contribution >= 4 is 5.97 Å². The molecule has 0 spiro atoms. The van der Waals surface area contributed by atoms with Crippen molar-refractivity contribution in [2.75, 3.05) is 0 Å². The highest BCUT2D eigenvalue weighted by molar-refractivity contribution is 5.94. The Hall–Kier alpha value is -2.11. The van der Waals surface area contributed by atoms with Crippen LogP contribution in [0.2, 0.25) is 0 Å². The van der Waals surface area contributed by atoms with Crippen LogP contribution in [0.3, 0.4) is 0 Å². The van der Waals surface area contributed by atoms with Gasteiger partial charge in [-0.3, -0.25) is 9.36 Å². The highest BCUT2D eigenvalue weighted by atomic mass is 16.4. The van der Waals surface area contributed by atoms with E-state index in [1.165, 1.54) is 12.8 Å². The summed E-state index contributed by atoms with van der Waals surface area (Å²) in [7, 11) is 0. The maximum atomic E-state index is 11.4. The first-order valence-corrected chi connectivity index (χ1v) is 6.95. The molecule has 1 fully saturated rings. The Balaban J connectivity index is 2.01. The summed E-state index contributed by atoms with van der Waals surface area (Å²) < 4.78 is 3.56. The Morgan fingerprint density at radius 1 is 1.50 bits per heavy atom. The Morgan fingerprint density at radius 2 is 2.25 bits per heavy atom. The average molecular weight is 274 g/mol. The number of aromatic nitrogens is 4. The summed E-state index contributed by atoms with van der Waals surface area (Å²) in [5.41, 5.74) is 1.50. The third-order valence-electron chi connectivity index (χ3n) is 3.91. The molecule has 1 saturated carbocycles. The topological polar surface area (TPSA) is 72.9 Å². The van der Waals surface area contributed by atoms with Gasteiger partial charge in [-0.2, -0.15) is 10.2 Å². The van der Waals surface area contributed by atoms with Crippen molar-refractivity contribution in [3.8, 4) is 11.3 Å². The van der Waals surface area contributed by atoms with Crippen molar-refractivity contribution in [1.29, 1.82) is 0 Å². The van der Waals surface area contributed by atoms with E-state index in [1.807, 2.05) is 13.1 Å². The van der Waals surface area contributed by atoms with Gasteiger partial charge in [0.15, 0.2) is 0 Å². The van der Waals surface area contributed by atoms with Gasteiger partial charge in [-0.15, -0.1) is 0 Å². The summed E-state index contributed by atoms with van der Waals surface area (Å²) in [6.45, 7) is 4.83. The summed E-state index contributed by atoms with van der Waals surface area (Å²) in [6, 6.07) is 0.253. The summed E-state index contributed by atoms with van der Waals surface area (Å²) in [5.74, 6) is -0.318. The maximum absolute atomic E-state index is 11.4. The van der Waals surface area contributed by atoms with Crippen LogP contribution in [-0.2, 0) is 6.54 Å². The summed E-state index contributed by atoms with van der Waals surface area (Å²) in [6.07, 6.45) is 7.55. The molecular formula is C14H18N4O2. The van der Waals surface area contributed by atoms with Gasteiger partial charge in [0.1, 0.15) is 11.3 Å². The lowest BCUT2D eigenvalue weighted by Gasteiger charge is -2.09. The van der Waals surface area contributed by atoms with Crippen LogP contribution in [-0.4, -0.2) is 30.6 Å². The third-order valence-corrected chi connectivity index (χ3v) is 3.91. The van der Waals surface area contributed by atoms with Crippen molar-refractivity contribution in [3.05, 3.63) is 24.2 Å². The van der Waals surface area contributed by atoms with Crippen LogP contribution in [0.4, 0.5) is 0 Å². The Morgan fingerprint density at radius 3 is 2.80 bits per heavy atom. The molecule has 20 heavy (non-hydrogen) atoms. The molecule has 3 rings (SSSR count). The lowest BCUT2D eigenvalue weighted by Crippen LogP contribution is -2.07. The molecule has 1 atom stereocenters. The molecule has 0 aromatic carbocycles. The van der Waals surface area contributed by atoms with Gasteiger partial charge in [0.05, 0.1) is 12.2 Å². The van der Waals surface area contributed by atoms with Crippen molar-refractivity contribution < 1.29 is 9.90 Å². The maximum Gasteiger partial charge on any atom is 0.339 e. The molecule has 2 aromatic rings. The smallest absolute Gasteiger partial charge is 0.339 e. The minimum absolute atomic E-state index is 0.244. The Labute approximate surface area is 117 Å². The first-order valence-electron chi connectivity index (χ1n) is 6.95. The van der Waals surface area contributed by atoms with E-state index in [-0.39, 0.29) is 11.6 Å². The molecule has 106 valence electrons. The van der Waals surface area contributed by atoms with Crippen LogP contribution < -0.4 is 0 Å². The fourth-order valence-electron chi connectivity index (χ4n) is 2.42. The molecule has 1 unspecified atom stereocenters. The minimum atomic E-state index is -0.946. The second kappa shape index (κ2) is 4.77. The highest BCUT2D eigenvalue weighted by Crippen LogP contribution is 2.39. The fourth-order valence-corrected chi connectivity index (χ4v) is 2.42. The van der Waals surface area contributed by atoms with E-state index in [2.05, 4.69) is 17.1 Å². The summed E-state index contributed by atoms with van der Waals surface area (Å²) in [5, 5.41) is 18.0. The molecule has 1 N–H and O–H groups in total. The SMILES string of the molecule is CCn1cc(-c2nn(C(C)C3CC3)cc2C(=O)O)cn1. The summed E-state index contributed by atoms with van der Waals surface area (Å²) >= 11 is 0. The van der Waals surface area contributed by atoms with Gasteiger partial charge >= 0.3 is 5.97 Å². The highest BCUT2D eigenvalue weighted by Gasteiger charge is 2.31. The third kappa shape index (κ3) is 2.21. The van der Waals surface area contributed by atoms with Crippen molar-refractivity contribution in [2.24, 2.45) is 5.92 Å². The average Bonchev–Trinajstić information content (AvgIpc) is 3.01. The largest absolute Gasteiger partial charge is 0.478 e. The molecule has 6 nitrogen and oxygen atoms in total. The molecule has 0 bridgehead atoms. The van der Waals surface area contributed by atoms with Crippen LogP contribution in [0.1, 0.15) is 43.1 Å². The predicted octanol–water partition coefficient (Wildman–Crippen LogP) is 2.44. The van der Waals surface area contributed by atoms with E-state index in [0.717, 1.165) is 12.1 Å². The zero-order chi connectivity index (χ0) is 14.3. The molecule has 2 heterocycles. The quantitative estimate of drug-likeness (QED) is 0.908.